The maximum Gasteiger partial charge on any atom is 0.170 e. The van der Waals surface area contributed by atoms with Crippen molar-refractivity contribution in [3.63, 3.8) is 0 Å². The maximum atomic E-state index is 13.0. The first-order valence-corrected chi connectivity index (χ1v) is 7.19. The summed E-state index contributed by atoms with van der Waals surface area (Å²) >= 11 is 0. The summed E-state index contributed by atoms with van der Waals surface area (Å²) in [6, 6.07) is 11.7. The van der Waals surface area contributed by atoms with Gasteiger partial charge in [0.15, 0.2) is 11.5 Å². The monoisotopic (exact) mass is 326 g/mol. The Kier molecular flexibility index (Phi) is 4.81. The van der Waals surface area contributed by atoms with Crippen LogP contribution in [0.25, 0.3) is 0 Å². The van der Waals surface area contributed by atoms with Gasteiger partial charge < -0.3 is 9.47 Å². The minimum Gasteiger partial charge on any atom is -0.493 e. The third-order valence-electron chi connectivity index (χ3n) is 3.26. The lowest BCUT2D eigenvalue weighted by molar-refractivity contribution is 0.284. The van der Waals surface area contributed by atoms with Crippen LogP contribution in [0.5, 0.6) is 11.5 Å². The van der Waals surface area contributed by atoms with Crippen molar-refractivity contribution in [3.05, 3.63) is 72.1 Å². The van der Waals surface area contributed by atoms with Crippen LogP contribution in [0, 0.1) is 5.82 Å². The van der Waals surface area contributed by atoms with Crippen molar-refractivity contribution in [2.45, 2.75) is 6.61 Å². The molecule has 0 bridgehead atoms. The van der Waals surface area contributed by atoms with E-state index >= 15 is 0 Å². The van der Waals surface area contributed by atoms with Gasteiger partial charge in [0.2, 0.25) is 0 Å². The van der Waals surface area contributed by atoms with E-state index in [9.17, 15) is 4.39 Å². The summed E-state index contributed by atoms with van der Waals surface area (Å²) in [6.45, 7) is 0.286. The topological polar surface area (TPSA) is 61.5 Å². The maximum absolute atomic E-state index is 13.0. The number of hydrogen-bond acceptors (Lipinski definition) is 5. The Labute approximate surface area is 138 Å². The SMILES string of the molecule is COc1cccc(/C=N/n2cnnc2)c1OCc1ccc(F)cc1. The van der Waals surface area contributed by atoms with E-state index in [-0.39, 0.29) is 12.4 Å². The lowest BCUT2D eigenvalue weighted by Crippen LogP contribution is -2.01. The first-order valence-electron chi connectivity index (χ1n) is 7.19. The fourth-order valence-electron chi connectivity index (χ4n) is 2.07. The van der Waals surface area contributed by atoms with Crippen molar-refractivity contribution < 1.29 is 13.9 Å². The van der Waals surface area contributed by atoms with Gasteiger partial charge in [-0.1, -0.05) is 18.2 Å². The number of rotatable bonds is 6. The second-order valence-corrected chi connectivity index (χ2v) is 4.88. The Morgan fingerprint density at radius 2 is 1.88 bits per heavy atom. The minimum absolute atomic E-state index is 0.280. The average molecular weight is 326 g/mol. The van der Waals surface area contributed by atoms with Gasteiger partial charge in [-0.3, -0.25) is 0 Å². The highest BCUT2D eigenvalue weighted by Crippen LogP contribution is 2.30. The number of halogens is 1. The zero-order chi connectivity index (χ0) is 16.8. The number of aromatic nitrogens is 3. The van der Waals surface area contributed by atoms with Crippen LogP contribution >= 0.6 is 0 Å². The molecule has 0 saturated carbocycles. The first-order chi connectivity index (χ1) is 11.8. The van der Waals surface area contributed by atoms with Crippen LogP contribution in [0.2, 0.25) is 0 Å². The molecule has 3 rings (SSSR count). The van der Waals surface area contributed by atoms with Crippen molar-refractivity contribution in [2.75, 3.05) is 7.11 Å². The van der Waals surface area contributed by atoms with E-state index in [4.69, 9.17) is 9.47 Å². The van der Waals surface area contributed by atoms with Gasteiger partial charge in [0.1, 0.15) is 25.1 Å². The predicted octanol–water partition coefficient (Wildman–Crippen LogP) is 2.89. The highest BCUT2D eigenvalue weighted by Gasteiger charge is 2.10. The molecule has 1 aromatic heterocycles. The molecule has 0 unspecified atom stereocenters. The van der Waals surface area contributed by atoms with E-state index in [1.807, 2.05) is 12.1 Å². The summed E-state index contributed by atoms with van der Waals surface area (Å²) in [6.07, 6.45) is 4.59. The molecule has 3 aromatic rings. The van der Waals surface area contributed by atoms with Crippen molar-refractivity contribution in [1.29, 1.82) is 0 Å². The van der Waals surface area contributed by atoms with Gasteiger partial charge in [-0.05, 0) is 29.8 Å². The average Bonchev–Trinajstić information content (AvgIpc) is 3.13. The number of benzene rings is 2. The van der Waals surface area contributed by atoms with Gasteiger partial charge in [0.05, 0.1) is 13.3 Å². The summed E-state index contributed by atoms with van der Waals surface area (Å²) in [5.41, 5.74) is 1.59. The number of methoxy groups -OCH3 is 1. The van der Waals surface area contributed by atoms with Gasteiger partial charge in [-0.2, -0.15) is 5.10 Å². The van der Waals surface area contributed by atoms with Crippen molar-refractivity contribution in [3.8, 4) is 11.5 Å². The lowest BCUT2D eigenvalue weighted by atomic mass is 10.2. The van der Waals surface area contributed by atoms with E-state index in [2.05, 4.69) is 15.3 Å². The molecule has 0 spiro atoms. The molecule has 0 amide bonds. The molecule has 122 valence electrons. The van der Waals surface area contributed by atoms with Crippen LogP contribution in [-0.2, 0) is 6.61 Å². The number of nitrogens with zero attached hydrogens (tertiary/aromatic N) is 4. The predicted molar refractivity (Wildman–Crippen MR) is 86.7 cm³/mol. The van der Waals surface area contributed by atoms with Gasteiger partial charge in [-0.25, -0.2) is 9.07 Å². The molecule has 0 saturated heterocycles. The molecule has 0 N–H and O–H groups in total. The Balaban J connectivity index is 1.83. The van der Waals surface area contributed by atoms with Gasteiger partial charge in [0.25, 0.3) is 0 Å². The first kappa shape index (κ1) is 15.7. The fraction of sp³-hybridized carbons (Fsp3) is 0.118. The normalized spacial score (nSPS) is 10.9. The number of ether oxygens (including phenoxy) is 2. The molecule has 7 heteroatoms. The molecule has 1 heterocycles. The zero-order valence-corrected chi connectivity index (χ0v) is 13.0. The molecule has 6 nitrogen and oxygen atoms in total. The summed E-state index contributed by atoms with van der Waals surface area (Å²) in [5, 5.41) is 11.6. The van der Waals surface area contributed by atoms with Crippen molar-refractivity contribution in [1.82, 2.24) is 14.9 Å². The zero-order valence-electron chi connectivity index (χ0n) is 13.0. The molecule has 0 aliphatic rings. The molecule has 24 heavy (non-hydrogen) atoms. The Morgan fingerprint density at radius 3 is 2.58 bits per heavy atom. The number of hydrogen-bond donors (Lipinski definition) is 0. The second-order valence-electron chi connectivity index (χ2n) is 4.88. The smallest absolute Gasteiger partial charge is 0.170 e. The van der Waals surface area contributed by atoms with E-state index in [1.165, 1.54) is 29.5 Å². The summed E-state index contributed by atoms with van der Waals surface area (Å²) in [4.78, 5) is 0. The largest absolute Gasteiger partial charge is 0.493 e. The molecule has 0 radical (unpaired) electrons. The quantitative estimate of drug-likeness (QED) is 0.654. The standard InChI is InChI=1S/C17H15FN4O2/c1-23-16-4-2-3-14(9-21-22-11-19-20-12-22)17(16)24-10-13-5-7-15(18)8-6-13/h2-9,11-12H,10H2,1H3/b21-9+. The Hall–Kier alpha value is -3.22. The molecular weight excluding hydrogens is 311 g/mol. The van der Waals surface area contributed by atoms with Gasteiger partial charge >= 0.3 is 0 Å². The Morgan fingerprint density at radius 1 is 1.12 bits per heavy atom. The van der Waals surface area contributed by atoms with Crippen LogP contribution in [-0.4, -0.2) is 28.2 Å². The van der Waals surface area contributed by atoms with E-state index in [0.29, 0.717) is 11.5 Å². The molecule has 0 fully saturated rings. The highest BCUT2D eigenvalue weighted by atomic mass is 19.1. The number of para-hydroxylation sites is 1. The summed E-state index contributed by atoms with van der Waals surface area (Å²) in [5.74, 6) is 0.865. The van der Waals surface area contributed by atoms with Crippen LogP contribution in [0.1, 0.15) is 11.1 Å². The molecule has 0 atom stereocenters. The van der Waals surface area contributed by atoms with Gasteiger partial charge in [-0.15, -0.1) is 10.2 Å². The van der Waals surface area contributed by atoms with Crippen LogP contribution in [0.15, 0.2) is 60.2 Å². The molecular formula is C17H15FN4O2. The van der Waals surface area contributed by atoms with Crippen LogP contribution in [0.3, 0.4) is 0 Å². The summed E-state index contributed by atoms with van der Waals surface area (Å²) in [7, 11) is 1.57. The third-order valence-corrected chi connectivity index (χ3v) is 3.26. The fourth-order valence-corrected chi connectivity index (χ4v) is 2.07. The molecule has 0 aliphatic heterocycles. The third kappa shape index (κ3) is 3.75. The molecule has 0 aliphatic carbocycles. The van der Waals surface area contributed by atoms with Gasteiger partial charge in [0, 0.05) is 5.56 Å². The highest BCUT2D eigenvalue weighted by molar-refractivity contribution is 5.85. The van der Waals surface area contributed by atoms with Crippen LogP contribution < -0.4 is 9.47 Å². The van der Waals surface area contributed by atoms with E-state index < -0.39 is 0 Å². The van der Waals surface area contributed by atoms with Crippen molar-refractivity contribution >= 4 is 6.21 Å². The minimum atomic E-state index is -0.280. The van der Waals surface area contributed by atoms with E-state index in [1.54, 1.807) is 31.5 Å². The molecule has 2 aromatic carbocycles. The van der Waals surface area contributed by atoms with E-state index in [0.717, 1.165) is 11.1 Å². The van der Waals surface area contributed by atoms with Crippen LogP contribution in [0.4, 0.5) is 4.39 Å². The Bertz CT molecular complexity index is 817. The lowest BCUT2D eigenvalue weighted by Gasteiger charge is -2.13. The summed E-state index contributed by atoms with van der Waals surface area (Å²) < 4.78 is 25.7. The second kappa shape index (κ2) is 7.36. The van der Waals surface area contributed by atoms with Crippen molar-refractivity contribution in [2.24, 2.45) is 5.10 Å².